The average molecular weight is 317 g/mol. The number of hydrogen-bond donors (Lipinski definition) is 1. The molecule has 1 aliphatic heterocycles. The standard InChI is InChI=1S/C12H17BrN2O3/c1-15(8-9-2-3-10(13)18-9)11(16)12(14)4-6-17-7-5-12/h2-3H,4-8,14H2,1H3. The zero-order valence-corrected chi connectivity index (χ0v) is 11.9. The lowest BCUT2D eigenvalue weighted by molar-refractivity contribution is -0.140. The summed E-state index contributed by atoms with van der Waals surface area (Å²) >= 11 is 3.23. The molecule has 2 heterocycles. The van der Waals surface area contributed by atoms with Gasteiger partial charge in [-0.3, -0.25) is 4.79 Å². The molecule has 1 amide bonds. The number of ether oxygens (including phenoxy) is 1. The minimum atomic E-state index is -0.795. The van der Waals surface area contributed by atoms with E-state index in [1.54, 1.807) is 18.0 Å². The van der Waals surface area contributed by atoms with Gasteiger partial charge in [-0.15, -0.1) is 0 Å². The van der Waals surface area contributed by atoms with Crippen LogP contribution in [0.15, 0.2) is 21.2 Å². The van der Waals surface area contributed by atoms with Crippen molar-refractivity contribution in [3.8, 4) is 0 Å². The molecule has 2 rings (SSSR count). The monoisotopic (exact) mass is 316 g/mol. The topological polar surface area (TPSA) is 68.7 Å². The summed E-state index contributed by atoms with van der Waals surface area (Å²) in [5.41, 5.74) is 5.36. The van der Waals surface area contributed by atoms with Gasteiger partial charge in [0.1, 0.15) is 5.76 Å². The fourth-order valence-corrected chi connectivity index (χ4v) is 2.41. The number of nitrogens with zero attached hydrogens (tertiary/aromatic N) is 1. The molecule has 0 aromatic carbocycles. The molecule has 1 aliphatic rings. The quantitative estimate of drug-likeness (QED) is 0.917. The normalized spacial score (nSPS) is 18.6. The van der Waals surface area contributed by atoms with E-state index in [-0.39, 0.29) is 5.91 Å². The van der Waals surface area contributed by atoms with Crippen LogP contribution < -0.4 is 5.73 Å². The Morgan fingerprint density at radius 3 is 2.72 bits per heavy atom. The van der Waals surface area contributed by atoms with Gasteiger partial charge in [-0.1, -0.05) is 0 Å². The Kier molecular flexibility index (Phi) is 4.09. The van der Waals surface area contributed by atoms with Gasteiger partial charge in [0.2, 0.25) is 5.91 Å². The van der Waals surface area contributed by atoms with Gasteiger partial charge in [-0.2, -0.15) is 0 Å². The molecule has 0 atom stereocenters. The van der Waals surface area contributed by atoms with Gasteiger partial charge < -0.3 is 19.8 Å². The molecule has 0 aliphatic carbocycles. The number of carbonyl (C=O) groups is 1. The third kappa shape index (κ3) is 2.93. The van der Waals surface area contributed by atoms with Gasteiger partial charge in [0, 0.05) is 20.3 Å². The maximum Gasteiger partial charge on any atom is 0.242 e. The summed E-state index contributed by atoms with van der Waals surface area (Å²) in [6.07, 6.45) is 1.13. The van der Waals surface area contributed by atoms with Crippen LogP contribution in [0.4, 0.5) is 0 Å². The summed E-state index contributed by atoms with van der Waals surface area (Å²) in [4.78, 5) is 13.9. The lowest BCUT2D eigenvalue weighted by atomic mass is 9.90. The molecule has 0 radical (unpaired) electrons. The molecule has 1 fully saturated rings. The Morgan fingerprint density at radius 2 is 2.17 bits per heavy atom. The number of halogens is 1. The minimum absolute atomic E-state index is 0.0571. The Bertz CT molecular complexity index is 427. The molecule has 0 saturated carbocycles. The largest absolute Gasteiger partial charge is 0.452 e. The van der Waals surface area contributed by atoms with Crippen LogP contribution in [-0.4, -0.2) is 36.6 Å². The smallest absolute Gasteiger partial charge is 0.242 e. The fourth-order valence-electron chi connectivity index (χ4n) is 2.07. The molecular formula is C12H17BrN2O3. The first-order valence-electron chi connectivity index (χ1n) is 5.88. The van der Waals surface area contributed by atoms with Crippen molar-refractivity contribution in [1.82, 2.24) is 4.90 Å². The summed E-state index contributed by atoms with van der Waals surface area (Å²) in [6.45, 7) is 1.51. The van der Waals surface area contributed by atoms with E-state index in [4.69, 9.17) is 14.9 Å². The van der Waals surface area contributed by atoms with Gasteiger partial charge in [-0.25, -0.2) is 0 Å². The lowest BCUT2D eigenvalue weighted by Gasteiger charge is -2.35. The molecule has 2 N–H and O–H groups in total. The highest BCUT2D eigenvalue weighted by Gasteiger charge is 2.38. The maximum absolute atomic E-state index is 12.3. The van der Waals surface area contributed by atoms with E-state index in [9.17, 15) is 4.79 Å². The van der Waals surface area contributed by atoms with Gasteiger partial charge in [0.25, 0.3) is 0 Å². The van der Waals surface area contributed by atoms with Crippen LogP contribution in [0.2, 0.25) is 0 Å². The number of rotatable bonds is 3. The zero-order valence-electron chi connectivity index (χ0n) is 10.3. The molecule has 18 heavy (non-hydrogen) atoms. The highest BCUT2D eigenvalue weighted by atomic mass is 79.9. The van der Waals surface area contributed by atoms with Gasteiger partial charge in [0.05, 0.1) is 12.1 Å². The predicted octanol–water partition coefficient (Wildman–Crippen LogP) is 1.51. The molecule has 0 bridgehead atoms. The second-order valence-electron chi connectivity index (χ2n) is 4.64. The average Bonchev–Trinajstić information content (AvgIpc) is 2.74. The number of amides is 1. The molecule has 0 spiro atoms. The number of carbonyl (C=O) groups excluding carboxylic acids is 1. The second kappa shape index (κ2) is 5.42. The minimum Gasteiger partial charge on any atom is -0.452 e. The van der Waals surface area contributed by atoms with E-state index >= 15 is 0 Å². The number of likely N-dealkylation sites (N-methyl/N-ethyl adjacent to an activating group) is 1. The summed E-state index contributed by atoms with van der Waals surface area (Å²) in [7, 11) is 1.74. The Morgan fingerprint density at radius 1 is 1.50 bits per heavy atom. The maximum atomic E-state index is 12.3. The summed E-state index contributed by atoms with van der Waals surface area (Å²) in [5.74, 6) is 0.673. The van der Waals surface area contributed by atoms with E-state index in [1.807, 2.05) is 6.07 Å². The second-order valence-corrected chi connectivity index (χ2v) is 5.42. The number of hydrogen-bond acceptors (Lipinski definition) is 4. The van der Waals surface area contributed by atoms with E-state index in [0.29, 0.717) is 37.3 Å². The molecule has 100 valence electrons. The summed E-state index contributed by atoms with van der Waals surface area (Å²) in [5, 5.41) is 0. The van der Waals surface area contributed by atoms with Crippen LogP contribution in [0.5, 0.6) is 0 Å². The molecule has 6 heteroatoms. The van der Waals surface area contributed by atoms with E-state index < -0.39 is 5.54 Å². The fraction of sp³-hybridized carbons (Fsp3) is 0.583. The molecule has 1 aromatic heterocycles. The Labute approximate surface area is 114 Å². The predicted molar refractivity (Wildman–Crippen MR) is 69.9 cm³/mol. The van der Waals surface area contributed by atoms with Crippen LogP contribution in [0, 0.1) is 0 Å². The van der Waals surface area contributed by atoms with E-state index in [0.717, 1.165) is 5.76 Å². The van der Waals surface area contributed by atoms with Crippen molar-refractivity contribution in [2.75, 3.05) is 20.3 Å². The molecule has 1 aromatic rings. The molecule has 0 unspecified atom stereocenters. The van der Waals surface area contributed by atoms with Gasteiger partial charge >= 0.3 is 0 Å². The van der Waals surface area contributed by atoms with Gasteiger partial charge in [0.15, 0.2) is 4.67 Å². The zero-order chi connectivity index (χ0) is 13.2. The van der Waals surface area contributed by atoms with E-state index in [2.05, 4.69) is 15.9 Å². The van der Waals surface area contributed by atoms with Crippen molar-refractivity contribution in [2.24, 2.45) is 5.73 Å². The molecular weight excluding hydrogens is 300 g/mol. The van der Waals surface area contributed by atoms with Crippen molar-refractivity contribution < 1.29 is 13.9 Å². The highest BCUT2D eigenvalue weighted by molar-refractivity contribution is 9.10. The Balaban J connectivity index is 1.99. The van der Waals surface area contributed by atoms with Gasteiger partial charge in [-0.05, 0) is 40.9 Å². The Hall–Kier alpha value is -0.850. The van der Waals surface area contributed by atoms with Crippen molar-refractivity contribution in [3.05, 3.63) is 22.6 Å². The third-order valence-corrected chi connectivity index (χ3v) is 3.61. The SMILES string of the molecule is CN(Cc1ccc(Br)o1)C(=O)C1(N)CCOCC1. The lowest BCUT2D eigenvalue weighted by Crippen LogP contribution is -2.57. The van der Waals surface area contributed by atoms with Crippen LogP contribution >= 0.6 is 15.9 Å². The van der Waals surface area contributed by atoms with Crippen LogP contribution in [0.1, 0.15) is 18.6 Å². The van der Waals surface area contributed by atoms with Crippen molar-refractivity contribution in [3.63, 3.8) is 0 Å². The first-order valence-corrected chi connectivity index (χ1v) is 6.67. The highest BCUT2D eigenvalue weighted by Crippen LogP contribution is 2.22. The van der Waals surface area contributed by atoms with Crippen molar-refractivity contribution >= 4 is 21.8 Å². The van der Waals surface area contributed by atoms with Crippen molar-refractivity contribution in [1.29, 1.82) is 0 Å². The third-order valence-electron chi connectivity index (χ3n) is 3.18. The molecule has 1 saturated heterocycles. The number of nitrogens with two attached hydrogens (primary N) is 1. The van der Waals surface area contributed by atoms with Crippen LogP contribution in [0.3, 0.4) is 0 Å². The van der Waals surface area contributed by atoms with Crippen LogP contribution in [-0.2, 0) is 16.1 Å². The first kappa shape index (κ1) is 13.6. The van der Waals surface area contributed by atoms with Crippen LogP contribution in [0.25, 0.3) is 0 Å². The summed E-state index contributed by atoms with van der Waals surface area (Å²) in [6, 6.07) is 3.64. The van der Waals surface area contributed by atoms with E-state index in [1.165, 1.54) is 0 Å². The van der Waals surface area contributed by atoms with Crippen molar-refractivity contribution in [2.45, 2.75) is 24.9 Å². The summed E-state index contributed by atoms with van der Waals surface area (Å²) < 4.78 is 11.3. The first-order chi connectivity index (χ1) is 8.51. The number of furan rings is 1. The molecule has 5 nitrogen and oxygen atoms in total.